The predicted octanol–water partition coefficient (Wildman–Crippen LogP) is 0.391. The molecule has 2 aliphatic heterocycles. The smallest absolute Gasteiger partial charge is 0.0829 e. The van der Waals surface area contributed by atoms with Gasteiger partial charge in [-0.15, -0.1) is 0 Å². The van der Waals surface area contributed by atoms with Crippen LogP contribution in [-0.4, -0.2) is 74.9 Å². The third-order valence-electron chi connectivity index (χ3n) is 3.80. The van der Waals surface area contributed by atoms with Gasteiger partial charge in [0, 0.05) is 32.2 Å². The van der Waals surface area contributed by atoms with Gasteiger partial charge in [-0.25, -0.2) is 0 Å². The molecule has 0 bridgehead atoms. The van der Waals surface area contributed by atoms with Crippen LogP contribution in [0.4, 0.5) is 0 Å². The molecular formula is C13H27N3O. The normalized spacial score (nSPS) is 32.8. The number of piperidine rings is 1. The van der Waals surface area contributed by atoms with E-state index in [2.05, 4.69) is 29.1 Å². The van der Waals surface area contributed by atoms with Crippen LogP contribution >= 0.6 is 0 Å². The van der Waals surface area contributed by atoms with Crippen LogP contribution in [0.25, 0.3) is 0 Å². The Morgan fingerprint density at radius 2 is 2.18 bits per heavy atom. The van der Waals surface area contributed by atoms with E-state index in [0.29, 0.717) is 12.1 Å². The van der Waals surface area contributed by atoms with E-state index in [-0.39, 0.29) is 0 Å². The first kappa shape index (κ1) is 13.3. The van der Waals surface area contributed by atoms with E-state index >= 15 is 0 Å². The highest BCUT2D eigenvalue weighted by atomic mass is 16.5. The second-order valence-electron chi connectivity index (χ2n) is 5.41. The van der Waals surface area contributed by atoms with E-state index in [9.17, 15) is 0 Å². The molecule has 0 aliphatic carbocycles. The first-order valence-corrected chi connectivity index (χ1v) is 7.04. The van der Waals surface area contributed by atoms with Gasteiger partial charge in [0.05, 0.1) is 12.7 Å². The van der Waals surface area contributed by atoms with Crippen molar-refractivity contribution in [2.45, 2.75) is 31.9 Å². The van der Waals surface area contributed by atoms with Crippen molar-refractivity contribution in [2.75, 3.05) is 52.9 Å². The van der Waals surface area contributed by atoms with E-state index < -0.39 is 0 Å². The molecule has 0 amide bonds. The molecule has 0 spiro atoms. The molecule has 0 saturated carbocycles. The van der Waals surface area contributed by atoms with Gasteiger partial charge in [-0.1, -0.05) is 6.92 Å². The van der Waals surface area contributed by atoms with E-state index in [4.69, 9.17) is 4.74 Å². The molecule has 2 rings (SSSR count). The highest BCUT2D eigenvalue weighted by molar-refractivity contribution is 4.81. The average molecular weight is 241 g/mol. The summed E-state index contributed by atoms with van der Waals surface area (Å²) in [4.78, 5) is 4.94. The number of morpholine rings is 1. The molecule has 0 aromatic carbocycles. The van der Waals surface area contributed by atoms with Crippen molar-refractivity contribution in [3.63, 3.8) is 0 Å². The summed E-state index contributed by atoms with van der Waals surface area (Å²) in [6.45, 7) is 9.87. The van der Waals surface area contributed by atoms with E-state index in [1.54, 1.807) is 0 Å². The highest BCUT2D eigenvalue weighted by Crippen LogP contribution is 2.12. The minimum atomic E-state index is 0.411. The van der Waals surface area contributed by atoms with Crippen molar-refractivity contribution in [3.05, 3.63) is 0 Å². The Hall–Kier alpha value is -0.160. The maximum atomic E-state index is 5.84. The van der Waals surface area contributed by atoms with Crippen molar-refractivity contribution < 1.29 is 4.74 Å². The Bertz CT molecular complexity index is 223. The van der Waals surface area contributed by atoms with Gasteiger partial charge in [0.15, 0.2) is 0 Å². The summed E-state index contributed by atoms with van der Waals surface area (Å²) in [5.74, 6) is 0. The molecule has 2 fully saturated rings. The van der Waals surface area contributed by atoms with E-state index in [1.165, 1.54) is 25.9 Å². The fraction of sp³-hybridized carbons (Fsp3) is 1.00. The monoisotopic (exact) mass is 241 g/mol. The summed E-state index contributed by atoms with van der Waals surface area (Å²) >= 11 is 0. The summed E-state index contributed by atoms with van der Waals surface area (Å²) in [7, 11) is 2.19. The van der Waals surface area contributed by atoms with Gasteiger partial charge in [0.1, 0.15) is 0 Å². The van der Waals surface area contributed by atoms with Gasteiger partial charge in [-0.3, -0.25) is 4.90 Å². The van der Waals surface area contributed by atoms with Gasteiger partial charge in [0.2, 0.25) is 0 Å². The lowest BCUT2D eigenvalue weighted by atomic mass is 10.1. The van der Waals surface area contributed by atoms with Gasteiger partial charge >= 0.3 is 0 Å². The largest absolute Gasteiger partial charge is 0.374 e. The Morgan fingerprint density at radius 1 is 1.29 bits per heavy atom. The molecule has 2 atom stereocenters. The van der Waals surface area contributed by atoms with Crippen molar-refractivity contribution in [2.24, 2.45) is 0 Å². The van der Waals surface area contributed by atoms with Gasteiger partial charge < -0.3 is 15.0 Å². The molecular weight excluding hydrogens is 214 g/mol. The third-order valence-corrected chi connectivity index (χ3v) is 3.80. The number of ether oxygens (including phenoxy) is 1. The number of hydrogen-bond acceptors (Lipinski definition) is 4. The first-order chi connectivity index (χ1) is 8.28. The van der Waals surface area contributed by atoms with Gasteiger partial charge in [-0.05, 0) is 33.0 Å². The number of nitrogens with one attached hydrogen (secondary N) is 1. The second kappa shape index (κ2) is 6.69. The van der Waals surface area contributed by atoms with Crippen LogP contribution in [0.5, 0.6) is 0 Å². The van der Waals surface area contributed by atoms with Crippen LogP contribution in [0.15, 0.2) is 0 Å². The molecule has 2 heterocycles. The van der Waals surface area contributed by atoms with E-state index in [0.717, 1.165) is 32.8 Å². The zero-order valence-corrected chi connectivity index (χ0v) is 11.3. The summed E-state index contributed by atoms with van der Waals surface area (Å²) in [5.41, 5.74) is 0. The molecule has 2 aliphatic rings. The molecule has 2 saturated heterocycles. The topological polar surface area (TPSA) is 27.7 Å². The summed E-state index contributed by atoms with van der Waals surface area (Å²) in [5, 5.41) is 3.57. The van der Waals surface area contributed by atoms with Crippen LogP contribution in [0.2, 0.25) is 0 Å². The molecule has 4 nitrogen and oxygen atoms in total. The zero-order chi connectivity index (χ0) is 12.1. The molecule has 17 heavy (non-hydrogen) atoms. The third kappa shape index (κ3) is 4.21. The number of hydrogen-bond donors (Lipinski definition) is 1. The minimum Gasteiger partial charge on any atom is -0.374 e. The minimum absolute atomic E-state index is 0.411. The molecule has 1 N–H and O–H groups in total. The van der Waals surface area contributed by atoms with Gasteiger partial charge in [0.25, 0.3) is 0 Å². The molecule has 100 valence electrons. The van der Waals surface area contributed by atoms with Crippen LogP contribution < -0.4 is 5.32 Å². The van der Waals surface area contributed by atoms with Crippen molar-refractivity contribution in [1.82, 2.24) is 15.1 Å². The maximum Gasteiger partial charge on any atom is 0.0829 e. The lowest BCUT2D eigenvalue weighted by Gasteiger charge is -2.37. The van der Waals surface area contributed by atoms with Crippen molar-refractivity contribution in [1.29, 1.82) is 0 Å². The summed E-state index contributed by atoms with van der Waals surface area (Å²) in [6.07, 6.45) is 3.06. The Kier molecular flexibility index (Phi) is 5.22. The lowest BCUT2D eigenvalue weighted by Crippen LogP contribution is -2.51. The highest BCUT2D eigenvalue weighted by Gasteiger charge is 2.24. The quantitative estimate of drug-likeness (QED) is 0.771. The fourth-order valence-electron chi connectivity index (χ4n) is 2.94. The standard InChI is InChI=1S/C13H27N3O/c1-3-14-12-5-4-6-16(9-12)11-13-10-15(2)7-8-17-13/h12-14H,3-11H2,1-2H3. The second-order valence-corrected chi connectivity index (χ2v) is 5.41. The van der Waals surface area contributed by atoms with Crippen LogP contribution in [-0.2, 0) is 4.74 Å². The Morgan fingerprint density at radius 3 is 2.94 bits per heavy atom. The van der Waals surface area contributed by atoms with Gasteiger partial charge in [-0.2, -0.15) is 0 Å². The average Bonchev–Trinajstić information content (AvgIpc) is 2.30. The Labute approximate surface area is 105 Å². The zero-order valence-electron chi connectivity index (χ0n) is 11.3. The Balaban J connectivity index is 1.74. The predicted molar refractivity (Wildman–Crippen MR) is 70.4 cm³/mol. The first-order valence-electron chi connectivity index (χ1n) is 7.04. The number of likely N-dealkylation sites (tertiary alicyclic amines) is 1. The summed E-state index contributed by atoms with van der Waals surface area (Å²) < 4.78 is 5.84. The molecule has 0 aromatic heterocycles. The molecule has 0 radical (unpaired) electrons. The van der Waals surface area contributed by atoms with E-state index in [1.807, 2.05) is 0 Å². The number of nitrogens with zero attached hydrogens (tertiary/aromatic N) is 2. The van der Waals surface area contributed by atoms with Crippen molar-refractivity contribution >= 4 is 0 Å². The van der Waals surface area contributed by atoms with Crippen molar-refractivity contribution in [3.8, 4) is 0 Å². The number of rotatable bonds is 4. The fourth-order valence-corrected chi connectivity index (χ4v) is 2.94. The van der Waals surface area contributed by atoms with Crippen LogP contribution in [0, 0.1) is 0 Å². The van der Waals surface area contributed by atoms with Crippen LogP contribution in [0.1, 0.15) is 19.8 Å². The molecule has 2 unspecified atom stereocenters. The maximum absolute atomic E-state index is 5.84. The van der Waals surface area contributed by atoms with Crippen LogP contribution in [0.3, 0.4) is 0 Å². The molecule has 4 heteroatoms. The lowest BCUT2D eigenvalue weighted by molar-refractivity contribution is -0.0390. The number of likely N-dealkylation sites (N-methyl/N-ethyl adjacent to an activating group) is 2. The summed E-state index contributed by atoms with van der Waals surface area (Å²) in [6, 6.07) is 0.690. The SMILES string of the molecule is CCNC1CCCN(CC2CN(C)CCO2)C1. The molecule has 0 aromatic rings.